The Balaban J connectivity index is 2.10. The maximum Gasteiger partial charge on any atom is 0.407 e. The molecule has 0 radical (unpaired) electrons. The average molecular weight is 295 g/mol. The van der Waals surface area contributed by atoms with Gasteiger partial charge in [-0.3, -0.25) is 0 Å². The minimum Gasteiger partial charge on any atom is -0.465 e. The van der Waals surface area contributed by atoms with Crippen LogP contribution < -0.4 is 0 Å². The van der Waals surface area contributed by atoms with Crippen LogP contribution >= 0.6 is 11.6 Å². The van der Waals surface area contributed by atoms with E-state index in [1.54, 1.807) is 6.07 Å². The molecule has 1 aromatic carbocycles. The summed E-state index contributed by atoms with van der Waals surface area (Å²) in [6.45, 7) is 0.678. The summed E-state index contributed by atoms with van der Waals surface area (Å²) in [5, 5.41) is 13.3. The number of nitrogens with zero attached hydrogens (tertiary/aromatic N) is 4. The molecule has 6 nitrogen and oxygen atoms in total. The van der Waals surface area contributed by atoms with Crippen LogP contribution in [0, 0.1) is 0 Å². The summed E-state index contributed by atoms with van der Waals surface area (Å²) in [6, 6.07) is 5.62. The number of benzene rings is 1. The van der Waals surface area contributed by atoms with Crippen LogP contribution in [0.4, 0.5) is 4.79 Å². The van der Waals surface area contributed by atoms with E-state index < -0.39 is 6.09 Å². The maximum atomic E-state index is 11.2. The summed E-state index contributed by atoms with van der Waals surface area (Å²) in [5.41, 5.74) is 10.0. The van der Waals surface area contributed by atoms with Crippen LogP contribution in [0.2, 0.25) is 5.02 Å². The molecule has 0 spiro atoms. The van der Waals surface area contributed by atoms with E-state index in [2.05, 4.69) is 10.0 Å². The van der Waals surface area contributed by atoms with Crippen molar-refractivity contribution in [3.63, 3.8) is 0 Å². The van der Waals surface area contributed by atoms with Gasteiger partial charge in [0.25, 0.3) is 0 Å². The second-order valence-electron chi connectivity index (χ2n) is 4.77. The van der Waals surface area contributed by atoms with E-state index in [4.69, 9.17) is 17.1 Å². The largest absolute Gasteiger partial charge is 0.465 e. The zero-order valence-electron chi connectivity index (χ0n) is 10.9. The van der Waals surface area contributed by atoms with Gasteiger partial charge in [0, 0.05) is 22.5 Å². The van der Waals surface area contributed by atoms with Gasteiger partial charge in [-0.05, 0) is 42.0 Å². The number of azide groups is 1. The quantitative estimate of drug-likeness (QED) is 0.491. The zero-order chi connectivity index (χ0) is 14.5. The van der Waals surface area contributed by atoms with Crippen LogP contribution in [0.25, 0.3) is 10.4 Å². The number of carbonyl (C=O) groups is 1. The fraction of sp³-hybridized carbons (Fsp3) is 0.462. The fourth-order valence-electron chi connectivity index (χ4n) is 2.05. The third kappa shape index (κ3) is 3.79. The minimum absolute atomic E-state index is 0.121. The third-order valence-corrected chi connectivity index (χ3v) is 3.62. The number of halogens is 1. The molecule has 1 saturated carbocycles. The lowest BCUT2D eigenvalue weighted by molar-refractivity contribution is 0.139. The molecule has 0 unspecified atom stereocenters. The standard InChI is InChI=1S/C13H15ClN4O2/c14-12-4-1-9(5-6-16-17-15)7-10(12)8-18(13(19)20)11-2-3-11/h1,4,7,11H,2-3,5-6,8H2,(H,19,20). The Morgan fingerprint density at radius 2 is 2.30 bits per heavy atom. The van der Waals surface area contributed by atoms with Gasteiger partial charge in [-0.1, -0.05) is 28.8 Å². The highest BCUT2D eigenvalue weighted by atomic mass is 35.5. The molecule has 7 heteroatoms. The van der Waals surface area contributed by atoms with E-state index >= 15 is 0 Å². The van der Waals surface area contributed by atoms with Crippen LogP contribution in [0.5, 0.6) is 0 Å². The maximum absolute atomic E-state index is 11.2. The lowest BCUT2D eigenvalue weighted by Gasteiger charge is -2.19. The minimum atomic E-state index is -0.914. The molecule has 1 aliphatic carbocycles. The van der Waals surface area contributed by atoms with Crippen LogP contribution in [0.15, 0.2) is 23.3 Å². The topological polar surface area (TPSA) is 89.3 Å². The summed E-state index contributed by atoms with van der Waals surface area (Å²) < 4.78 is 0. The Labute approximate surface area is 121 Å². The Morgan fingerprint density at radius 1 is 1.55 bits per heavy atom. The second-order valence-corrected chi connectivity index (χ2v) is 5.18. The van der Waals surface area contributed by atoms with Crippen molar-refractivity contribution in [3.05, 3.63) is 44.8 Å². The molecule has 2 rings (SSSR count). The van der Waals surface area contributed by atoms with Crippen molar-refractivity contribution in [2.75, 3.05) is 6.54 Å². The van der Waals surface area contributed by atoms with Gasteiger partial charge in [0.1, 0.15) is 0 Å². The molecule has 1 N–H and O–H groups in total. The number of hydrogen-bond donors (Lipinski definition) is 1. The first-order valence-electron chi connectivity index (χ1n) is 6.39. The summed E-state index contributed by atoms with van der Waals surface area (Å²) >= 11 is 6.13. The third-order valence-electron chi connectivity index (χ3n) is 3.25. The Hall–Kier alpha value is -1.91. The van der Waals surface area contributed by atoms with Gasteiger partial charge >= 0.3 is 6.09 Å². The molecule has 1 amide bonds. The number of amides is 1. The van der Waals surface area contributed by atoms with Crippen molar-refractivity contribution in [3.8, 4) is 0 Å². The Bertz CT molecular complexity index is 553. The summed E-state index contributed by atoms with van der Waals surface area (Å²) in [4.78, 5) is 15.4. The van der Waals surface area contributed by atoms with Crippen molar-refractivity contribution < 1.29 is 9.90 Å². The summed E-state index contributed by atoms with van der Waals surface area (Å²) in [7, 11) is 0. The van der Waals surface area contributed by atoms with Gasteiger partial charge in [-0.25, -0.2) is 4.79 Å². The first-order valence-corrected chi connectivity index (χ1v) is 6.77. The van der Waals surface area contributed by atoms with Gasteiger partial charge in [-0.15, -0.1) is 0 Å². The first kappa shape index (κ1) is 14.5. The van der Waals surface area contributed by atoms with Crippen molar-refractivity contribution in [1.82, 2.24) is 4.90 Å². The predicted octanol–water partition coefficient (Wildman–Crippen LogP) is 3.84. The molecule has 106 valence electrons. The molecule has 0 atom stereocenters. The number of hydrogen-bond acceptors (Lipinski definition) is 2. The van der Waals surface area contributed by atoms with Gasteiger partial charge in [-0.2, -0.15) is 0 Å². The molecule has 20 heavy (non-hydrogen) atoms. The molecular formula is C13H15ClN4O2. The summed E-state index contributed by atoms with van der Waals surface area (Å²) in [5.74, 6) is 0. The molecule has 0 aliphatic heterocycles. The van der Waals surface area contributed by atoms with E-state index in [1.165, 1.54) is 4.90 Å². The van der Waals surface area contributed by atoms with E-state index in [-0.39, 0.29) is 6.04 Å². The Kier molecular flexibility index (Phi) is 4.71. The van der Waals surface area contributed by atoms with Gasteiger partial charge in [0.15, 0.2) is 0 Å². The highest BCUT2D eigenvalue weighted by molar-refractivity contribution is 6.31. The molecule has 1 aromatic rings. The predicted molar refractivity (Wildman–Crippen MR) is 75.8 cm³/mol. The molecule has 0 aromatic heterocycles. The van der Waals surface area contributed by atoms with E-state index in [9.17, 15) is 9.90 Å². The molecule has 1 aliphatic rings. The van der Waals surface area contributed by atoms with E-state index in [0.717, 1.165) is 24.0 Å². The molecule has 1 fully saturated rings. The number of rotatable bonds is 6. The van der Waals surface area contributed by atoms with Crippen LogP contribution in [-0.2, 0) is 13.0 Å². The zero-order valence-corrected chi connectivity index (χ0v) is 11.6. The smallest absolute Gasteiger partial charge is 0.407 e. The van der Waals surface area contributed by atoms with Crippen LogP contribution in [0.1, 0.15) is 24.0 Å². The van der Waals surface area contributed by atoms with Crippen LogP contribution in [-0.4, -0.2) is 28.7 Å². The lowest BCUT2D eigenvalue weighted by atomic mass is 10.1. The average Bonchev–Trinajstić information content (AvgIpc) is 3.23. The molecule has 0 heterocycles. The normalized spacial score (nSPS) is 13.7. The molecule has 0 saturated heterocycles. The van der Waals surface area contributed by atoms with Gasteiger partial charge in [0.2, 0.25) is 0 Å². The van der Waals surface area contributed by atoms with Crippen molar-refractivity contribution >= 4 is 17.7 Å². The van der Waals surface area contributed by atoms with Crippen LogP contribution in [0.3, 0.4) is 0 Å². The Morgan fingerprint density at radius 3 is 2.90 bits per heavy atom. The number of carboxylic acid groups (broad SMARTS) is 1. The lowest BCUT2D eigenvalue weighted by Crippen LogP contribution is -2.31. The highest BCUT2D eigenvalue weighted by Crippen LogP contribution is 2.30. The van der Waals surface area contributed by atoms with Gasteiger partial charge in [0.05, 0.1) is 6.54 Å². The van der Waals surface area contributed by atoms with Crippen molar-refractivity contribution in [1.29, 1.82) is 0 Å². The molecular weight excluding hydrogens is 280 g/mol. The van der Waals surface area contributed by atoms with E-state index in [0.29, 0.717) is 24.5 Å². The second kappa shape index (κ2) is 6.50. The molecule has 0 bridgehead atoms. The fourth-order valence-corrected chi connectivity index (χ4v) is 2.23. The summed E-state index contributed by atoms with van der Waals surface area (Å²) in [6.07, 6.45) is 1.54. The first-order chi connectivity index (χ1) is 9.61. The van der Waals surface area contributed by atoms with Gasteiger partial charge < -0.3 is 10.0 Å². The van der Waals surface area contributed by atoms with Crippen molar-refractivity contribution in [2.24, 2.45) is 5.11 Å². The van der Waals surface area contributed by atoms with Crippen molar-refractivity contribution in [2.45, 2.75) is 31.8 Å². The monoisotopic (exact) mass is 294 g/mol. The van der Waals surface area contributed by atoms with E-state index in [1.807, 2.05) is 12.1 Å². The highest BCUT2D eigenvalue weighted by Gasteiger charge is 2.32. The SMILES string of the molecule is [N-]=[N+]=NCCc1ccc(Cl)c(CN(C(=O)O)C2CC2)c1.